The lowest BCUT2D eigenvalue weighted by atomic mass is 9.95. The van der Waals surface area contributed by atoms with Crippen molar-refractivity contribution in [2.75, 3.05) is 19.6 Å². The van der Waals surface area contributed by atoms with Crippen molar-refractivity contribution < 1.29 is 9.18 Å². The van der Waals surface area contributed by atoms with E-state index in [-0.39, 0.29) is 17.6 Å². The van der Waals surface area contributed by atoms with Gasteiger partial charge in [-0.1, -0.05) is 55.5 Å². The maximum atomic E-state index is 13.8. The van der Waals surface area contributed by atoms with E-state index >= 15 is 0 Å². The monoisotopic (exact) mass is 354 g/mol. The van der Waals surface area contributed by atoms with Crippen LogP contribution in [0.15, 0.2) is 54.6 Å². The second-order valence-electron chi connectivity index (χ2n) is 7.20. The largest absolute Gasteiger partial charge is 0.355 e. The molecule has 2 aromatic rings. The number of carbonyl (C=O) groups excluding carboxylic acids is 1. The number of amides is 1. The van der Waals surface area contributed by atoms with Crippen LogP contribution in [0.5, 0.6) is 0 Å². The van der Waals surface area contributed by atoms with Gasteiger partial charge in [-0.25, -0.2) is 4.39 Å². The Bertz CT molecular complexity index is 711. The van der Waals surface area contributed by atoms with Gasteiger partial charge in [-0.3, -0.25) is 9.69 Å². The third kappa shape index (κ3) is 4.92. The van der Waals surface area contributed by atoms with E-state index in [1.165, 1.54) is 11.6 Å². The van der Waals surface area contributed by atoms with Crippen LogP contribution in [0.25, 0.3) is 0 Å². The molecule has 0 aliphatic carbocycles. The molecule has 0 aromatic heterocycles. The Balaban J connectivity index is 1.43. The number of rotatable bonds is 6. The van der Waals surface area contributed by atoms with Crippen LogP contribution < -0.4 is 5.32 Å². The number of piperidine rings is 1. The van der Waals surface area contributed by atoms with Crippen LogP contribution in [0.3, 0.4) is 0 Å². The fraction of sp³-hybridized carbons (Fsp3) is 0.409. The van der Waals surface area contributed by atoms with Gasteiger partial charge < -0.3 is 5.32 Å². The van der Waals surface area contributed by atoms with Gasteiger partial charge in [0, 0.05) is 24.6 Å². The lowest BCUT2D eigenvalue weighted by Crippen LogP contribution is -2.41. The molecule has 1 heterocycles. The van der Waals surface area contributed by atoms with Crippen molar-refractivity contribution in [2.45, 2.75) is 32.2 Å². The molecule has 3 rings (SSSR count). The van der Waals surface area contributed by atoms with E-state index in [9.17, 15) is 9.18 Å². The average Bonchev–Trinajstić information content (AvgIpc) is 2.69. The van der Waals surface area contributed by atoms with E-state index in [0.717, 1.165) is 31.5 Å². The minimum atomic E-state index is -0.151. The van der Waals surface area contributed by atoms with Crippen LogP contribution in [0.1, 0.15) is 36.8 Å². The van der Waals surface area contributed by atoms with Crippen LogP contribution in [0.4, 0.5) is 4.39 Å². The molecule has 0 saturated carbocycles. The molecule has 1 aliphatic rings. The summed E-state index contributed by atoms with van der Waals surface area (Å²) >= 11 is 0. The number of benzene rings is 2. The van der Waals surface area contributed by atoms with Crippen molar-refractivity contribution in [3.63, 3.8) is 0 Å². The van der Waals surface area contributed by atoms with Gasteiger partial charge in [0.2, 0.25) is 5.91 Å². The van der Waals surface area contributed by atoms with Crippen molar-refractivity contribution in [3.8, 4) is 0 Å². The predicted molar refractivity (Wildman–Crippen MR) is 102 cm³/mol. The molecule has 4 heteroatoms. The first-order valence-corrected chi connectivity index (χ1v) is 9.42. The second-order valence-corrected chi connectivity index (χ2v) is 7.20. The Labute approximate surface area is 155 Å². The van der Waals surface area contributed by atoms with Gasteiger partial charge in [-0.05, 0) is 43.5 Å². The predicted octanol–water partition coefficient (Wildman–Crippen LogP) is 3.96. The quantitative estimate of drug-likeness (QED) is 0.852. The Morgan fingerprint density at radius 1 is 1.12 bits per heavy atom. The first kappa shape index (κ1) is 18.6. The first-order chi connectivity index (χ1) is 12.6. The van der Waals surface area contributed by atoms with Crippen LogP contribution in [0, 0.1) is 11.7 Å². The molecule has 1 N–H and O–H groups in total. The fourth-order valence-electron chi connectivity index (χ4n) is 3.52. The summed E-state index contributed by atoms with van der Waals surface area (Å²) in [5.74, 6) is 0.372. The van der Waals surface area contributed by atoms with Crippen LogP contribution >= 0.6 is 0 Å². The normalized spacial score (nSPS) is 17.0. The molecule has 0 radical (unpaired) electrons. The van der Waals surface area contributed by atoms with Crippen LogP contribution in [-0.2, 0) is 11.3 Å². The number of likely N-dealkylation sites (tertiary alicyclic amines) is 1. The molecule has 1 atom stereocenters. The molecule has 1 aliphatic heterocycles. The SMILES string of the molecule is C[C@@H](CNC(=O)C1CCN(Cc2ccccc2F)CC1)c1ccccc1. The molecule has 0 bridgehead atoms. The Morgan fingerprint density at radius 3 is 2.46 bits per heavy atom. The smallest absolute Gasteiger partial charge is 0.223 e. The van der Waals surface area contributed by atoms with Crippen molar-refractivity contribution >= 4 is 5.91 Å². The highest BCUT2D eigenvalue weighted by molar-refractivity contribution is 5.78. The van der Waals surface area contributed by atoms with E-state index in [0.29, 0.717) is 19.0 Å². The van der Waals surface area contributed by atoms with Crippen molar-refractivity contribution in [3.05, 3.63) is 71.5 Å². The summed E-state index contributed by atoms with van der Waals surface area (Å²) in [4.78, 5) is 14.7. The highest BCUT2D eigenvalue weighted by atomic mass is 19.1. The summed E-state index contributed by atoms with van der Waals surface area (Å²) in [6.45, 7) is 5.08. The molecule has 0 spiro atoms. The zero-order chi connectivity index (χ0) is 18.4. The molecule has 0 unspecified atom stereocenters. The van der Waals surface area contributed by atoms with Gasteiger partial charge in [-0.15, -0.1) is 0 Å². The maximum absolute atomic E-state index is 13.8. The number of halogens is 1. The Hall–Kier alpha value is -2.20. The van der Waals surface area contributed by atoms with Gasteiger partial charge in [-0.2, -0.15) is 0 Å². The van der Waals surface area contributed by atoms with E-state index < -0.39 is 0 Å². The van der Waals surface area contributed by atoms with E-state index in [4.69, 9.17) is 0 Å². The van der Waals surface area contributed by atoms with Gasteiger partial charge in [0.25, 0.3) is 0 Å². The summed E-state index contributed by atoms with van der Waals surface area (Å²) in [5, 5.41) is 3.11. The third-order valence-corrected chi connectivity index (χ3v) is 5.26. The number of nitrogens with zero attached hydrogens (tertiary/aromatic N) is 1. The minimum absolute atomic E-state index is 0.0647. The van der Waals surface area contributed by atoms with E-state index in [2.05, 4.69) is 29.3 Å². The second kappa shape index (κ2) is 8.95. The molecule has 1 fully saturated rings. The number of carbonyl (C=O) groups is 1. The van der Waals surface area contributed by atoms with Crippen LogP contribution in [-0.4, -0.2) is 30.4 Å². The number of hydrogen-bond acceptors (Lipinski definition) is 2. The maximum Gasteiger partial charge on any atom is 0.223 e. The molecule has 3 nitrogen and oxygen atoms in total. The topological polar surface area (TPSA) is 32.3 Å². The molecule has 138 valence electrons. The minimum Gasteiger partial charge on any atom is -0.355 e. The van der Waals surface area contributed by atoms with E-state index in [1.54, 1.807) is 6.07 Å². The summed E-state index contributed by atoms with van der Waals surface area (Å²) in [6, 6.07) is 17.2. The van der Waals surface area contributed by atoms with Gasteiger partial charge in [0.05, 0.1) is 0 Å². The Kier molecular flexibility index (Phi) is 6.40. The Morgan fingerprint density at radius 2 is 1.77 bits per heavy atom. The van der Waals surface area contributed by atoms with Crippen molar-refractivity contribution in [1.29, 1.82) is 0 Å². The summed E-state index contributed by atoms with van der Waals surface area (Å²) < 4.78 is 13.8. The van der Waals surface area contributed by atoms with Crippen LogP contribution in [0.2, 0.25) is 0 Å². The molecule has 1 amide bonds. The van der Waals surface area contributed by atoms with Gasteiger partial charge >= 0.3 is 0 Å². The highest BCUT2D eigenvalue weighted by Crippen LogP contribution is 2.21. The zero-order valence-electron chi connectivity index (χ0n) is 15.3. The van der Waals surface area contributed by atoms with Crippen molar-refractivity contribution in [1.82, 2.24) is 10.2 Å². The fourth-order valence-corrected chi connectivity index (χ4v) is 3.52. The summed E-state index contributed by atoms with van der Waals surface area (Å²) in [7, 11) is 0. The molecule has 2 aromatic carbocycles. The summed E-state index contributed by atoms with van der Waals surface area (Å²) in [6.07, 6.45) is 1.67. The van der Waals surface area contributed by atoms with E-state index in [1.807, 2.05) is 30.3 Å². The van der Waals surface area contributed by atoms with Gasteiger partial charge in [0.15, 0.2) is 0 Å². The first-order valence-electron chi connectivity index (χ1n) is 9.42. The lowest BCUT2D eigenvalue weighted by molar-refractivity contribution is -0.126. The molecule has 1 saturated heterocycles. The average molecular weight is 354 g/mol. The van der Waals surface area contributed by atoms with Crippen molar-refractivity contribution in [2.24, 2.45) is 5.92 Å². The number of hydrogen-bond donors (Lipinski definition) is 1. The standard InChI is InChI=1S/C22H27FN2O/c1-17(18-7-3-2-4-8-18)15-24-22(26)19-11-13-25(14-12-19)16-20-9-5-6-10-21(20)23/h2-10,17,19H,11-16H2,1H3,(H,24,26)/t17-/m0/s1. The lowest BCUT2D eigenvalue weighted by Gasteiger charge is -2.31. The molecular formula is C22H27FN2O. The van der Waals surface area contributed by atoms with Gasteiger partial charge in [0.1, 0.15) is 5.82 Å². The summed E-state index contributed by atoms with van der Waals surface area (Å²) in [5.41, 5.74) is 1.97. The highest BCUT2D eigenvalue weighted by Gasteiger charge is 2.25. The molecular weight excluding hydrogens is 327 g/mol. The molecule has 26 heavy (non-hydrogen) atoms. The number of nitrogens with one attached hydrogen (secondary N) is 1. The zero-order valence-corrected chi connectivity index (χ0v) is 15.3. The third-order valence-electron chi connectivity index (χ3n) is 5.26.